The summed E-state index contributed by atoms with van der Waals surface area (Å²) in [7, 11) is -3.73. The Balaban J connectivity index is 2.02. The van der Waals surface area contributed by atoms with Crippen molar-refractivity contribution in [2.24, 2.45) is 0 Å². The van der Waals surface area contributed by atoms with E-state index >= 15 is 0 Å². The lowest BCUT2D eigenvalue weighted by Crippen LogP contribution is -2.25. The monoisotopic (exact) mass is 418 g/mol. The first-order chi connectivity index (χ1) is 13.7. The van der Waals surface area contributed by atoms with Crippen molar-refractivity contribution in [3.05, 3.63) is 59.7 Å². The van der Waals surface area contributed by atoms with Gasteiger partial charge in [0, 0.05) is 12.1 Å². The number of carbonyl (C=O) groups excluding carboxylic acids is 3. The first-order valence-corrected chi connectivity index (χ1v) is 10.4. The van der Waals surface area contributed by atoms with Crippen LogP contribution < -0.4 is 10.0 Å². The van der Waals surface area contributed by atoms with Gasteiger partial charge in [-0.25, -0.2) is 17.9 Å². The summed E-state index contributed by atoms with van der Waals surface area (Å²) in [5, 5.41) is 2.51. The van der Waals surface area contributed by atoms with Crippen molar-refractivity contribution in [3.63, 3.8) is 0 Å². The van der Waals surface area contributed by atoms with Gasteiger partial charge in [-0.2, -0.15) is 0 Å². The van der Waals surface area contributed by atoms with Crippen molar-refractivity contribution in [2.75, 3.05) is 18.5 Å². The van der Waals surface area contributed by atoms with Gasteiger partial charge in [-0.05, 0) is 43.7 Å². The summed E-state index contributed by atoms with van der Waals surface area (Å²) in [6, 6.07) is 11.8. The molecule has 0 aromatic heterocycles. The van der Waals surface area contributed by atoms with Crippen molar-refractivity contribution in [1.29, 1.82) is 0 Å². The molecular weight excluding hydrogens is 396 g/mol. The second kappa shape index (κ2) is 9.94. The number of sulfonamides is 1. The molecule has 9 heteroatoms. The number of para-hydroxylation sites is 1. The molecule has 0 saturated heterocycles. The molecule has 2 aromatic rings. The molecule has 0 aliphatic heterocycles. The van der Waals surface area contributed by atoms with E-state index < -0.39 is 28.5 Å². The summed E-state index contributed by atoms with van der Waals surface area (Å²) >= 11 is 0. The Kier molecular flexibility index (Phi) is 7.63. The van der Waals surface area contributed by atoms with Gasteiger partial charge in [0.2, 0.25) is 10.0 Å². The lowest BCUT2D eigenvalue weighted by molar-refractivity contribution is -0.119. The van der Waals surface area contributed by atoms with Crippen LogP contribution in [-0.2, 0) is 19.6 Å². The van der Waals surface area contributed by atoms with E-state index in [-0.39, 0.29) is 22.8 Å². The number of hydrogen-bond donors (Lipinski definition) is 2. The van der Waals surface area contributed by atoms with Gasteiger partial charge in [0.15, 0.2) is 12.4 Å². The Hall–Kier alpha value is -3.04. The van der Waals surface area contributed by atoms with Crippen molar-refractivity contribution in [3.8, 4) is 0 Å². The quantitative estimate of drug-likeness (QED) is 0.477. The maximum Gasteiger partial charge on any atom is 0.338 e. The highest BCUT2D eigenvalue weighted by atomic mass is 32.2. The third-order valence-electron chi connectivity index (χ3n) is 3.84. The Morgan fingerprint density at radius 3 is 2.45 bits per heavy atom. The standard InChI is InChI=1S/C20H22N2O6S/c1-3-11-21-29(26,27)16-8-6-7-15(12-16)20(25)28-13-19(24)22-18-10-5-4-9-17(18)14(2)23/h4-10,12,21H,3,11,13H2,1-2H3,(H,22,24). The summed E-state index contributed by atoms with van der Waals surface area (Å²) in [5.74, 6) is -1.68. The molecule has 0 saturated carbocycles. The molecule has 1 amide bonds. The Morgan fingerprint density at radius 1 is 1.03 bits per heavy atom. The fourth-order valence-corrected chi connectivity index (χ4v) is 3.59. The van der Waals surface area contributed by atoms with E-state index in [1.807, 2.05) is 6.92 Å². The van der Waals surface area contributed by atoms with Crippen LogP contribution in [0.4, 0.5) is 5.69 Å². The van der Waals surface area contributed by atoms with Crippen LogP contribution in [0.15, 0.2) is 53.4 Å². The predicted molar refractivity (Wildman–Crippen MR) is 107 cm³/mol. The van der Waals surface area contributed by atoms with Gasteiger partial charge in [0.1, 0.15) is 0 Å². The third-order valence-corrected chi connectivity index (χ3v) is 5.30. The minimum atomic E-state index is -3.73. The van der Waals surface area contributed by atoms with E-state index in [0.717, 1.165) is 0 Å². The summed E-state index contributed by atoms with van der Waals surface area (Å²) in [5.41, 5.74) is 0.655. The smallest absolute Gasteiger partial charge is 0.338 e. The first kappa shape index (κ1) is 22.3. The summed E-state index contributed by atoms with van der Waals surface area (Å²) in [4.78, 5) is 35.8. The number of carbonyl (C=O) groups is 3. The predicted octanol–water partition coefficient (Wildman–Crippen LogP) is 2.37. The average molecular weight is 418 g/mol. The Morgan fingerprint density at radius 2 is 1.76 bits per heavy atom. The zero-order valence-corrected chi connectivity index (χ0v) is 16.9. The molecule has 2 rings (SSSR count). The average Bonchev–Trinajstić information content (AvgIpc) is 2.71. The van der Waals surface area contributed by atoms with Crippen molar-refractivity contribution in [1.82, 2.24) is 4.72 Å². The van der Waals surface area contributed by atoms with Gasteiger partial charge in [0.25, 0.3) is 5.91 Å². The van der Waals surface area contributed by atoms with Crippen molar-refractivity contribution < 1.29 is 27.5 Å². The minimum Gasteiger partial charge on any atom is -0.452 e. The van der Waals surface area contributed by atoms with E-state index in [2.05, 4.69) is 10.0 Å². The van der Waals surface area contributed by atoms with Crippen LogP contribution in [0, 0.1) is 0 Å². The van der Waals surface area contributed by atoms with Crippen LogP contribution in [0.5, 0.6) is 0 Å². The molecule has 29 heavy (non-hydrogen) atoms. The van der Waals surface area contributed by atoms with Crippen LogP contribution in [0.25, 0.3) is 0 Å². The van der Waals surface area contributed by atoms with E-state index in [1.54, 1.807) is 24.3 Å². The Labute approximate surface area is 169 Å². The number of anilines is 1. The molecular formula is C20H22N2O6S. The molecule has 0 aliphatic rings. The van der Waals surface area contributed by atoms with Gasteiger partial charge in [-0.15, -0.1) is 0 Å². The van der Waals surface area contributed by atoms with Crippen LogP contribution in [0.2, 0.25) is 0 Å². The molecule has 0 bridgehead atoms. The lowest BCUT2D eigenvalue weighted by Gasteiger charge is -2.10. The number of ether oxygens (including phenoxy) is 1. The number of Topliss-reactive ketones (excluding diaryl/α,β-unsaturated/α-hetero) is 1. The molecule has 0 fully saturated rings. The first-order valence-electron chi connectivity index (χ1n) is 8.91. The highest BCUT2D eigenvalue weighted by molar-refractivity contribution is 7.89. The fourth-order valence-electron chi connectivity index (χ4n) is 2.41. The molecule has 0 aliphatic carbocycles. The molecule has 0 heterocycles. The summed E-state index contributed by atoms with van der Waals surface area (Å²) < 4.78 is 31.7. The van der Waals surface area contributed by atoms with E-state index in [4.69, 9.17) is 4.74 Å². The van der Waals surface area contributed by atoms with Crippen LogP contribution in [0.3, 0.4) is 0 Å². The minimum absolute atomic E-state index is 0.00121. The van der Waals surface area contributed by atoms with Crippen LogP contribution in [0.1, 0.15) is 41.0 Å². The van der Waals surface area contributed by atoms with Crippen LogP contribution >= 0.6 is 0 Å². The summed E-state index contributed by atoms with van der Waals surface area (Å²) in [6.07, 6.45) is 0.628. The fraction of sp³-hybridized carbons (Fsp3) is 0.250. The number of rotatable bonds is 9. The lowest BCUT2D eigenvalue weighted by atomic mass is 10.1. The molecule has 8 nitrogen and oxygen atoms in total. The van der Waals surface area contributed by atoms with E-state index in [0.29, 0.717) is 17.7 Å². The molecule has 0 radical (unpaired) electrons. The van der Waals surface area contributed by atoms with Gasteiger partial charge in [-0.1, -0.05) is 25.1 Å². The van der Waals surface area contributed by atoms with Crippen molar-refractivity contribution in [2.45, 2.75) is 25.2 Å². The van der Waals surface area contributed by atoms with Gasteiger partial charge < -0.3 is 10.1 Å². The van der Waals surface area contributed by atoms with E-state index in [1.165, 1.54) is 31.2 Å². The number of esters is 1. The molecule has 0 unspecified atom stereocenters. The Bertz CT molecular complexity index is 1020. The maximum atomic E-state index is 12.2. The largest absolute Gasteiger partial charge is 0.452 e. The highest BCUT2D eigenvalue weighted by Gasteiger charge is 2.17. The number of amides is 1. The zero-order valence-electron chi connectivity index (χ0n) is 16.1. The second-order valence-corrected chi connectivity index (χ2v) is 7.92. The van der Waals surface area contributed by atoms with Gasteiger partial charge in [0.05, 0.1) is 16.1 Å². The highest BCUT2D eigenvalue weighted by Crippen LogP contribution is 2.16. The molecule has 2 aromatic carbocycles. The third kappa shape index (κ3) is 6.23. The van der Waals surface area contributed by atoms with Gasteiger partial charge in [-0.3, -0.25) is 9.59 Å². The maximum absolute atomic E-state index is 12.2. The topological polar surface area (TPSA) is 119 Å². The normalized spacial score (nSPS) is 11.0. The van der Waals surface area contributed by atoms with E-state index in [9.17, 15) is 22.8 Å². The zero-order chi connectivity index (χ0) is 21.4. The van der Waals surface area contributed by atoms with Crippen LogP contribution in [-0.4, -0.2) is 39.2 Å². The van der Waals surface area contributed by atoms with Crippen molar-refractivity contribution >= 4 is 33.4 Å². The summed E-state index contributed by atoms with van der Waals surface area (Å²) in [6.45, 7) is 2.90. The number of ketones is 1. The number of hydrogen-bond acceptors (Lipinski definition) is 6. The number of nitrogens with one attached hydrogen (secondary N) is 2. The molecule has 154 valence electrons. The molecule has 0 atom stereocenters. The molecule has 2 N–H and O–H groups in total. The molecule has 0 spiro atoms. The second-order valence-electron chi connectivity index (χ2n) is 6.15. The van der Waals surface area contributed by atoms with Gasteiger partial charge >= 0.3 is 5.97 Å². The SMILES string of the molecule is CCCNS(=O)(=O)c1cccc(C(=O)OCC(=O)Nc2ccccc2C(C)=O)c1. The number of benzene rings is 2.